The summed E-state index contributed by atoms with van der Waals surface area (Å²) >= 11 is 5.95. The number of phenolic OH excluding ortho intramolecular Hbond substituents is 1. The number of benzene rings is 2. The summed E-state index contributed by atoms with van der Waals surface area (Å²) in [7, 11) is 0. The third-order valence-corrected chi connectivity index (χ3v) is 3.40. The second-order valence-corrected chi connectivity index (χ2v) is 4.91. The van der Waals surface area contributed by atoms with Gasteiger partial charge in [-0.2, -0.15) is 0 Å². The molecule has 1 aromatic heterocycles. The molecule has 2 N–H and O–H groups in total. The Balaban J connectivity index is 1.98. The molecule has 0 atom stereocenters. The van der Waals surface area contributed by atoms with Gasteiger partial charge in [0.15, 0.2) is 5.82 Å². The van der Waals surface area contributed by atoms with E-state index in [4.69, 9.17) is 11.6 Å². The molecule has 5 heteroatoms. The molecule has 0 saturated heterocycles. The summed E-state index contributed by atoms with van der Waals surface area (Å²) in [5.41, 5.74) is 0.176. The maximum Gasteiger partial charge on any atom is 0.260 e. The molecule has 0 bridgehead atoms. The van der Waals surface area contributed by atoms with Gasteiger partial charge in [0.25, 0.3) is 5.91 Å². The Labute approximate surface area is 126 Å². The number of halogens is 1. The highest BCUT2D eigenvalue weighted by Crippen LogP contribution is 2.26. The number of anilines is 1. The zero-order valence-corrected chi connectivity index (χ0v) is 11.6. The van der Waals surface area contributed by atoms with E-state index in [1.165, 1.54) is 6.20 Å². The summed E-state index contributed by atoms with van der Waals surface area (Å²) in [4.78, 5) is 16.3. The van der Waals surface area contributed by atoms with Gasteiger partial charge in [0.2, 0.25) is 0 Å². The summed E-state index contributed by atoms with van der Waals surface area (Å²) in [5, 5.41) is 14.7. The number of amides is 1. The van der Waals surface area contributed by atoms with Crippen LogP contribution in [0.4, 0.5) is 5.82 Å². The molecule has 0 aliphatic carbocycles. The van der Waals surface area contributed by atoms with E-state index in [-0.39, 0.29) is 17.1 Å². The smallest absolute Gasteiger partial charge is 0.260 e. The minimum absolute atomic E-state index is 0.0850. The molecule has 1 amide bonds. The minimum atomic E-state index is -0.459. The summed E-state index contributed by atoms with van der Waals surface area (Å²) in [6, 6.07) is 14.0. The van der Waals surface area contributed by atoms with Crippen molar-refractivity contribution in [1.29, 1.82) is 0 Å². The van der Waals surface area contributed by atoms with Crippen LogP contribution >= 0.6 is 11.6 Å². The molecule has 0 radical (unpaired) electrons. The number of hydrogen-bond acceptors (Lipinski definition) is 3. The van der Waals surface area contributed by atoms with Crippen molar-refractivity contribution in [1.82, 2.24) is 4.98 Å². The van der Waals surface area contributed by atoms with Gasteiger partial charge in [-0.05, 0) is 35.0 Å². The predicted molar refractivity (Wildman–Crippen MR) is 82.8 cm³/mol. The van der Waals surface area contributed by atoms with Crippen LogP contribution in [0.25, 0.3) is 10.8 Å². The number of pyridine rings is 1. The number of phenols is 1. The largest absolute Gasteiger partial charge is 0.507 e. The van der Waals surface area contributed by atoms with E-state index < -0.39 is 5.91 Å². The average Bonchev–Trinajstić information content (AvgIpc) is 2.49. The van der Waals surface area contributed by atoms with Crippen molar-refractivity contribution in [2.24, 2.45) is 0 Å². The lowest BCUT2D eigenvalue weighted by Gasteiger charge is -2.08. The van der Waals surface area contributed by atoms with Crippen LogP contribution in [0.3, 0.4) is 0 Å². The maximum absolute atomic E-state index is 12.3. The van der Waals surface area contributed by atoms with Gasteiger partial charge >= 0.3 is 0 Å². The van der Waals surface area contributed by atoms with Crippen LogP contribution in [0.15, 0.2) is 54.7 Å². The third-order valence-electron chi connectivity index (χ3n) is 3.10. The molecule has 3 aromatic rings. The van der Waals surface area contributed by atoms with E-state index >= 15 is 0 Å². The lowest BCUT2D eigenvalue weighted by Crippen LogP contribution is -2.13. The topological polar surface area (TPSA) is 62.2 Å². The van der Waals surface area contributed by atoms with Crippen LogP contribution < -0.4 is 5.32 Å². The first kappa shape index (κ1) is 13.4. The predicted octanol–water partition coefficient (Wildman–Crippen LogP) is 3.85. The number of nitrogens with one attached hydrogen (secondary N) is 1. The second kappa shape index (κ2) is 5.42. The highest BCUT2D eigenvalue weighted by atomic mass is 35.5. The zero-order chi connectivity index (χ0) is 14.8. The molecule has 21 heavy (non-hydrogen) atoms. The van der Waals surface area contributed by atoms with Crippen LogP contribution in [0.5, 0.6) is 5.75 Å². The minimum Gasteiger partial charge on any atom is -0.507 e. The van der Waals surface area contributed by atoms with Crippen LogP contribution in [0.1, 0.15) is 10.4 Å². The van der Waals surface area contributed by atoms with Gasteiger partial charge in [0, 0.05) is 6.20 Å². The van der Waals surface area contributed by atoms with E-state index in [1.807, 2.05) is 24.3 Å². The Bertz CT molecular complexity index is 833. The van der Waals surface area contributed by atoms with Crippen LogP contribution in [0.2, 0.25) is 5.02 Å². The zero-order valence-electron chi connectivity index (χ0n) is 10.9. The number of aromatic nitrogens is 1. The van der Waals surface area contributed by atoms with Gasteiger partial charge in [0.1, 0.15) is 5.75 Å². The van der Waals surface area contributed by atoms with E-state index in [0.717, 1.165) is 10.8 Å². The van der Waals surface area contributed by atoms with Gasteiger partial charge in [0.05, 0.1) is 10.6 Å². The van der Waals surface area contributed by atoms with Crippen molar-refractivity contribution in [2.45, 2.75) is 0 Å². The first-order chi connectivity index (χ1) is 10.1. The molecular formula is C16H11ClN2O2. The Morgan fingerprint density at radius 3 is 2.52 bits per heavy atom. The number of fused-ring (bicyclic) bond motifs is 1. The van der Waals surface area contributed by atoms with Gasteiger partial charge < -0.3 is 10.4 Å². The number of hydrogen-bond donors (Lipinski definition) is 2. The lowest BCUT2D eigenvalue weighted by atomic mass is 10.1. The third kappa shape index (κ3) is 2.66. The SMILES string of the molecule is O=C(Nc1ncccc1Cl)c1cc2ccccc2cc1O. The summed E-state index contributed by atoms with van der Waals surface area (Å²) < 4.78 is 0. The number of nitrogens with zero attached hydrogens (tertiary/aromatic N) is 1. The molecule has 0 spiro atoms. The molecular weight excluding hydrogens is 288 g/mol. The molecule has 0 aliphatic heterocycles. The van der Waals surface area contributed by atoms with Gasteiger partial charge in [-0.25, -0.2) is 4.98 Å². The number of carbonyl (C=O) groups excluding carboxylic acids is 1. The standard InChI is InChI=1S/C16H11ClN2O2/c17-13-6-3-7-18-15(13)19-16(21)12-8-10-4-1-2-5-11(10)9-14(12)20/h1-9,20H,(H,18,19,21). The fraction of sp³-hybridized carbons (Fsp3) is 0. The van der Waals surface area contributed by atoms with E-state index in [2.05, 4.69) is 10.3 Å². The van der Waals surface area contributed by atoms with Crippen molar-refractivity contribution in [3.05, 3.63) is 65.3 Å². The van der Waals surface area contributed by atoms with Crippen LogP contribution in [-0.4, -0.2) is 16.0 Å². The first-order valence-electron chi connectivity index (χ1n) is 6.29. The number of rotatable bonds is 2. The summed E-state index contributed by atoms with van der Waals surface area (Å²) in [6.45, 7) is 0. The molecule has 0 aliphatic rings. The van der Waals surface area contributed by atoms with E-state index in [9.17, 15) is 9.90 Å². The quantitative estimate of drug-likeness (QED) is 0.755. The molecule has 2 aromatic carbocycles. The summed E-state index contributed by atoms with van der Waals surface area (Å²) in [6.07, 6.45) is 1.53. The van der Waals surface area contributed by atoms with Crippen LogP contribution in [0, 0.1) is 0 Å². The highest BCUT2D eigenvalue weighted by molar-refractivity contribution is 6.33. The Morgan fingerprint density at radius 1 is 1.10 bits per heavy atom. The second-order valence-electron chi connectivity index (χ2n) is 4.50. The van der Waals surface area contributed by atoms with Gasteiger partial charge in [-0.3, -0.25) is 4.79 Å². The normalized spacial score (nSPS) is 10.5. The van der Waals surface area contributed by atoms with Crippen molar-refractivity contribution < 1.29 is 9.90 Å². The number of aromatic hydroxyl groups is 1. The highest BCUT2D eigenvalue weighted by Gasteiger charge is 2.14. The number of carbonyl (C=O) groups is 1. The van der Waals surface area contributed by atoms with Gasteiger partial charge in [-0.1, -0.05) is 35.9 Å². The molecule has 0 unspecified atom stereocenters. The van der Waals surface area contributed by atoms with Crippen molar-refractivity contribution in [3.63, 3.8) is 0 Å². The fourth-order valence-corrected chi connectivity index (χ4v) is 2.23. The van der Waals surface area contributed by atoms with Crippen LogP contribution in [-0.2, 0) is 0 Å². The monoisotopic (exact) mass is 298 g/mol. The molecule has 3 rings (SSSR count). The molecule has 4 nitrogen and oxygen atoms in total. The summed E-state index contributed by atoms with van der Waals surface area (Å²) in [5.74, 6) is -0.283. The first-order valence-corrected chi connectivity index (χ1v) is 6.66. The van der Waals surface area contributed by atoms with E-state index in [0.29, 0.717) is 5.02 Å². The lowest BCUT2D eigenvalue weighted by molar-refractivity contribution is 0.102. The van der Waals surface area contributed by atoms with Crippen molar-refractivity contribution in [2.75, 3.05) is 5.32 Å². The molecule has 0 fully saturated rings. The van der Waals surface area contributed by atoms with Crippen molar-refractivity contribution in [3.8, 4) is 5.75 Å². The average molecular weight is 299 g/mol. The molecule has 0 saturated carbocycles. The van der Waals surface area contributed by atoms with Gasteiger partial charge in [-0.15, -0.1) is 0 Å². The van der Waals surface area contributed by atoms with Crippen molar-refractivity contribution >= 4 is 34.1 Å². The molecule has 104 valence electrons. The van der Waals surface area contributed by atoms with E-state index in [1.54, 1.807) is 24.3 Å². The Morgan fingerprint density at radius 2 is 1.81 bits per heavy atom. The fourth-order valence-electron chi connectivity index (χ4n) is 2.06. The maximum atomic E-state index is 12.3. The Kier molecular flexibility index (Phi) is 3.46. The Hall–Kier alpha value is -2.59. The molecule has 1 heterocycles.